The van der Waals surface area contributed by atoms with Crippen molar-refractivity contribution in [2.75, 3.05) is 6.61 Å². The minimum atomic E-state index is -0.185. The highest BCUT2D eigenvalue weighted by Crippen LogP contribution is 2.17. The molecule has 0 unspecified atom stereocenters. The van der Waals surface area contributed by atoms with Gasteiger partial charge in [-0.05, 0) is 31.2 Å². The van der Waals surface area contributed by atoms with Crippen molar-refractivity contribution >= 4 is 17.2 Å². The second-order valence-corrected chi connectivity index (χ2v) is 6.10. The fourth-order valence-corrected chi connectivity index (χ4v) is 2.84. The molecule has 3 aromatic rings. The molecule has 0 aliphatic carbocycles. The molecular formula is C19H19N3O3S. The number of rotatable bonds is 8. The van der Waals surface area contributed by atoms with Gasteiger partial charge in [0, 0.05) is 29.2 Å². The predicted octanol–water partition coefficient (Wildman–Crippen LogP) is 3.45. The van der Waals surface area contributed by atoms with Crippen molar-refractivity contribution in [2.24, 2.45) is 0 Å². The molecular weight excluding hydrogens is 350 g/mol. The molecule has 2 heterocycles. The third-order valence-corrected chi connectivity index (χ3v) is 4.17. The van der Waals surface area contributed by atoms with Gasteiger partial charge in [0.1, 0.15) is 12.4 Å². The van der Waals surface area contributed by atoms with E-state index in [0.29, 0.717) is 37.0 Å². The Morgan fingerprint density at radius 3 is 2.92 bits per heavy atom. The normalized spacial score (nSPS) is 10.3. The molecule has 0 aliphatic rings. The van der Waals surface area contributed by atoms with Crippen LogP contribution in [0, 0.1) is 0 Å². The fourth-order valence-electron chi connectivity index (χ4n) is 2.30. The minimum Gasteiger partial charge on any atom is -0.487 e. The van der Waals surface area contributed by atoms with Crippen LogP contribution in [0.2, 0.25) is 0 Å². The lowest BCUT2D eigenvalue weighted by Crippen LogP contribution is -2.23. The van der Waals surface area contributed by atoms with E-state index in [0.717, 1.165) is 11.3 Å². The van der Waals surface area contributed by atoms with E-state index in [9.17, 15) is 4.79 Å². The fraction of sp³-hybridized carbons (Fsp3) is 0.211. The zero-order chi connectivity index (χ0) is 18.2. The standard InChI is InChI=1S/C19H19N3O3S/c1-2-24-19-15(6-4-8-20-19)10-21-18(23)14-5-3-7-17(9-14)25-11-16-12-26-13-22-16/h3-9,12-13H,2,10-11H2,1H3,(H,21,23). The largest absolute Gasteiger partial charge is 0.487 e. The van der Waals surface area contributed by atoms with Crippen LogP contribution in [0.5, 0.6) is 11.6 Å². The molecule has 1 amide bonds. The van der Waals surface area contributed by atoms with Crippen molar-refractivity contribution in [1.29, 1.82) is 0 Å². The lowest BCUT2D eigenvalue weighted by Gasteiger charge is -2.10. The number of nitrogens with one attached hydrogen (secondary N) is 1. The molecule has 0 bridgehead atoms. The number of hydrogen-bond donors (Lipinski definition) is 1. The highest BCUT2D eigenvalue weighted by Gasteiger charge is 2.10. The molecule has 3 rings (SSSR count). The SMILES string of the molecule is CCOc1ncccc1CNC(=O)c1cccc(OCc2cscn2)c1. The third kappa shape index (κ3) is 4.80. The Labute approximate surface area is 155 Å². The van der Waals surface area contributed by atoms with Crippen molar-refractivity contribution in [3.8, 4) is 11.6 Å². The molecule has 2 aromatic heterocycles. The van der Waals surface area contributed by atoms with Crippen LogP contribution in [0.15, 0.2) is 53.5 Å². The zero-order valence-electron chi connectivity index (χ0n) is 14.3. The maximum atomic E-state index is 12.4. The molecule has 0 saturated carbocycles. The van der Waals surface area contributed by atoms with Crippen molar-refractivity contribution < 1.29 is 14.3 Å². The molecule has 26 heavy (non-hydrogen) atoms. The molecule has 0 atom stereocenters. The van der Waals surface area contributed by atoms with Gasteiger partial charge in [0.25, 0.3) is 5.91 Å². The molecule has 134 valence electrons. The number of ether oxygens (including phenoxy) is 2. The minimum absolute atomic E-state index is 0.185. The second-order valence-electron chi connectivity index (χ2n) is 5.38. The highest BCUT2D eigenvalue weighted by atomic mass is 32.1. The molecule has 1 aromatic carbocycles. The first-order valence-electron chi connectivity index (χ1n) is 8.21. The summed E-state index contributed by atoms with van der Waals surface area (Å²) in [6, 6.07) is 10.8. The maximum Gasteiger partial charge on any atom is 0.251 e. The summed E-state index contributed by atoms with van der Waals surface area (Å²) in [6.45, 7) is 3.14. The Morgan fingerprint density at radius 1 is 1.19 bits per heavy atom. The first-order chi connectivity index (χ1) is 12.8. The van der Waals surface area contributed by atoms with Gasteiger partial charge in [-0.1, -0.05) is 12.1 Å². The van der Waals surface area contributed by atoms with Crippen molar-refractivity contribution in [3.05, 3.63) is 70.3 Å². The van der Waals surface area contributed by atoms with Gasteiger partial charge in [0.05, 0.1) is 17.8 Å². The van der Waals surface area contributed by atoms with Crippen molar-refractivity contribution in [1.82, 2.24) is 15.3 Å². The molecule has 0 aliphatic heterocycles. The van der Waals surface area contributed by atoms with E-state index in [2.05, 4.69) is 15.3 Å². The number of carbonyl (C=O) groups excluding carboxylic acids is 1. The van der Waals surface area contributed by atoms with Gasteiger partial charge in [-0.15, -0.1) is 11.3 Å². The van der Waals surface area contributed by atoms with Gasteiger partial charge >= 0.3 is 0 Å². The smallest absolute Gasteiger partial charge is 0.251 e. The Hall–Kier alpha value is -2.93. The maximum absolute atomic E-state index is 12.4. The number of thiazole rings is 1. The van der Waals surface area contributed by atoms with E-state index in [4.69, 9.17) is 9.47 Å². The van der Waals surface area contributed by atoms with Gasteiger partial charge < -0.3 is 14.8 Å². The monoisotopic (exact) mass is 369 g/mol. The highest BCUT2D eigenvalue weighted by molar-refractivity contribution is 7.07. The Bertz CT molecular complexity index is 853. The molecule has 0 radical (unpaired) electrons. The summed E-state index contributed by atoms with van der Waals surface area (Å²) in [7, 11) is 0. The van der Waals surface area contributed by atoms with Crippen LogP contribution in [0.1, 0.15) is 28.5 Å². The van der Waals surface area contributed by atoms with E-state index in [-0.39, 0.29) is 5.91 Å². The number of pyridine rings is 1. The first-order valence-corrected chi connectivity index (χ1v) is 9.15. The lowest BCUT2D eigenvalue weighted by molar-refractivity contribution is 0.0950. The topological polar surface area (TPSA) is 73.3 Å². The summed E-state index contributed by atoms with van der Waals surface area (Å²) in [6.07, 6.45) is 1.67. The van der Waals surface area contributed by atoms with Crippen LogP contribution >= 0.6 is 11.3 Å². The third-order valence-electron chi connectivity index (χ3n) is 3.54. The Balaban J connectivity index is 1.60. The number of amides is 1. The van der Waals surface area contributed by atoms with Gasteiger partial charge in [-0.3, -0.25) is 4.79 Å². The van der Waals surface area contributed by atoms with Gasteiger partial charge in [0.15, 0.2) is 0 Å². The Morgan fingerprint density at radius 2 is 2.12 bits per heavy atom. The average Bonchev–Trinajstić information content (AvgIpc) is 3.19. The molecule has 0 spiro atoms. The van der Waals surface area contributed by atoms with Crippen LogP contribution in [-0.4, -0.2) is 22.5 Å². The van der Waals surface area contributed by atoms with E-state index in [1.54, 1.807) is 29.9 Å². The number of carbonyl (C=O) groups is 1. The summed E-state index contributed by atoms with van der Waals surface area (Å²) in [5.74, 6) is 0.980. The van der Waals surface area contributed by atoms with Crippen LogP contribution in [-0.2, 0) is 13.2 Å². The van der Waals surface area contributed by atoms with E-state index in [1.807, 2.05) is 30.5 Å². The van der Waals surface area contributed by atoms with Gasteiger partial charge in [-0.2, -0.15) is 0 Å². The summed E-state index contributed by atoms with van der Waals surface area (Å²) in [4.78, 5) is 20.8. The quantitative estimate of drug-likeness (QED) is 0.658. The van der Waals surface area contributed by atoms with Crippen LogP contribution < -0.4 is 14.8 Å². The van der Waals surface area contributed by atoms with E-state index in [1.165, 1.54) is 11.3 Å². The van der Waals surface area contributed by atoms with Crippen molar-refractivity contribution in [3.63, 3.8) is 0 Å². The van der Waals surface area contributed by atoms with Crippen molar-refractivity contribution in [2.45, 2.75) is 20.1 Å². The first kappa shape index (κ1) is 17.9. The second kappa shape index (κ2) is 8.96. The molecule has 0 saturated heterocycles. The van der Waals surface area contributed by atoms with E-state index < -0.39 is 0 Å². The number of hydrogen-bond acceptors (Lipinski definition) is 6. The van der Waals surface area contributed by atoms with E-state index >= 15 is 0 Å². The summed E-state index contributed by atoms with van der Waals surface area (Å²) >= 11 is 1.52. The zero-order valence-corrected chi connectivity index (χ0v) is 15.2. The van der Waals surface area contributed by atoms with Crippen LogP contribution in [0.4, 0.5) is 0 Å². The number of benzene rings is 1. The van der Waals surface area contributed by atoms with Gasteiger partial charge in [0.2, 0.25) is 5.88 Å². The Kier molecular flexibility index (Phi) is 6.16. The van der Waals surface area contributed by atoms with Crippen LogP contribution in [0.25, 0.3) is 0 Å². The summed E-state index contributed by atoms with van der Waals surface area (Å²) in [5.41, 5.74) is 3.99. The lowest BCUT2D eigenvalue weighted by atomic mass is 10.2. The molecule has 1 N–H and O–H groups in total. The predicted molar refractivity (Wildman–Crippen MR) is 99.5 cm³/mol. The van der Waals surface area contributed by atoms with Crippen LogP contribution in [0.3, 0.4) is 0 Å². The average molecular weight is 369 g/mol. The number of aromatic nitrogens is 2. The summed E-state index contributed by atoms with van der Waals surface area (Å²) < 4.78 is 11.2. The summed E-state index contributed by atoms with van der Waals surface area (Å²) in [5, 5.41) is 4.82. The molecule has 6 nitrogen and oxygen atoms in total. The molecule has 7 heteroatoms. The van der Waals surface area contributed by atoms with Gasteiger partial charge in [-0.25, -0.2) is 9.97 Å². The number of nitrogens with zero attached hydrogens (tertiary/aromatic N) is 2. The molecule has 0 fully saturated rings.